The van der Waals surface area contributed by atoms with Gasteiger partial charge in [0.2, 0.25) is 0 Å². The van der Waals surface area contributed by atoms with Crippen LogP contribution < -0.4 is 4.90 Å². The fourth-order valence-electron chi connectivity index (χ4n) is 2.08. The first-order valence-corrected chi connectivity index (χ1v) is 6.11. The van der Waals surface area contributed by atoms with E-state index >= 15 is 0 Å². The molecule has 1 aromatic rings. The van der Waals surface area contributed by atoms with Crippen molar-refractivity contribution in [3.05, 3.63) is 17.8 Å². The summed E-state index contributed by atoms with van der Waals surface area (Å²) in [5, 5.41) is 25.5. The molecule has 100 valence electrons. The van der Waals surface area contributed by atoms with Crippen molar-refractivity contribution in [1.29, 1.82) is 5.26 Å². The van der Waals surface area contributed by atoms with Gasteiger partial charge in [0.1, 0.15) is 6.07 Å². The van der Waals surface area contributed by atoms with E-state index in [1.165, 1.54) is 6.20 Å². The van der Waals surface area contributed by atoms with Crippen LogP contribution in [0.2, 0.25) is 0 Å². The molecule has 1 saturated heterocycles. The predicted octanol–water partition coefficient (Wildman–Crippen LogP) is -0.0550. The molecule has 7 nitrogen and oxygen atoms in total. The summed E-state index contributed by atoms with van der Waals surface area (Å²) in [5.41, 5.74) is 0.522. The topological polar surface area (TPSA) is 93.4 Å². The van der Waals surface area contributed by atoms with Crippen LogP contribution in [0.5, 0.6) is 0 Å². The molecule has 0 aromatic carbocycles. The van der Waals surface area contributed by atoms with E-state index in [1.807, 2.05) is 4.90 Å². The number of nitrogens with zero attached hydrogens (tertiary/aromatic N) is 5. The van der Waals surface area contributed by atoms with Crippen molar-refractivity contribution >= 4 is 11.8 Å². The maximum absolute atomic E-state index is 10.5. The van der Waals surface area contributed by atoms with Crippen LogP contribution in [0.4, 0.5) is 5.82 Å². The number of aliphatic carboxylic acids is 1. The van der Waals surface area contributed by atoms with Crippen LogP contribution in [0.1, 0.15) is 12.0 Å². The second-order valence-electron chi connectivity index (χ2n) is 4.35. The Morgan fingerprint density at radius 3 is 2.79 bits per heavy atom. The third-order valence-corrected chi connectivity index (χ3v) is 3.14. The van der Waals surface area contributed by atoms with Crippen LogP contribution in [0.15, 0.2) is 12.3 Å². The highest BCUT2D eigenvalue weighted by Gasteiger charge is 2.20. The molecule has 2 heterocycles. The Balaban J connectivity index is 1.93. The average molecular weight is 261 g/mol. The number of rotatable bonds is 4. The molecule has 1 aliphatic rings. The first-order chi connectivity index (χ1) is 9.20. The van der Waals surface area contributed by atoms with Gasteiger partial charge in [-0.25, -0.2) is 0 Å². The molecule has 1 fully saturated rings. The van der Waals surface area contributed by atoms with Gasteiger partial charge in [-0.05, 0) is 6.07 Å². The smallest absolute Gasteiger partial charge is 0.304 e. The average Bonchev–Trinajstić information content (AvgIpc) is 2.45. The van der Waals surface area contributed by atoms with Crippen LogP contribution in [0.3, 0.4) is 0 Å². The molecule has 1 aliphatic heterocycles. The Kier molecular flexibility index (Phi) is 4.26. The molecule has 1 N–H and O–H groups in total. The minimum Gasteiger partial charge on any atom is -0.481 e. The minimum atomic E-state index is -0.775. The molecule has 0 radical (unpaired) electrons. The Bertz CT molecular complexity index is 491. The van der Waals surface area contributed by atoms with E-state index in [2.05, 4.69) is 21.2 Å². The van der Waals surface area contributed by atoms with Gasteiger partial charge in [-0.2, -0.15) is 10.4 Å². The highest BCUT2D eigenvalue weighted by Crippen LogP contribution is 2.17. The number of aromatic nitrogens is 2. The van der Waals surface area contributed by atoms with Crippen molar-refractivity contribution in [2.45, 2.75) is 6.42 Å². The highest BCUT2D eigenvalue weighted by atomic mass is 16.4. The van der Waals surface area contributed by atoms with E-state index in [-0.39, 0.29) is 6.42 Å². The Morgan fingerprint density at radius 2 is 2.16 bits per heavy atom. The first-order valence-electron chi connectivity index (χ1n) is 6.11. The SMILES string of the molecule is N#Cc1ccnnc1N1CCN(CCC(=O)O)CC1. The number of carbonyl (C=O) groups is 1. The summed E-state index contributed by atoms with van der Waals surface area (Å²) in [6.07, 6.45) is 1.67. The summed E-state index contributed by atoms with van der Waals surface area (Å²) in [5.74, 6) is -0.161. The summed E-state index contributed by atoms with van der Waals surface area (Å²) in [7, 11) is 0. The van der Waals surface area contributed by atoms with Crippen LogP contribution in [-0.4, -0.2) is 58.9 Å². The van der Waals surface area contributed by atoms with Gasteiger partial charge >= 0.3 is 5.97 Å². The molecule has 1 aromatic heterocycles. The lowest BCUT2D eigenvalue weighted by molar-refractivity contribution is -0.137. The van der Waals surface area contributed by atoms with Gasteiger partial charge in [-0.15, -0.1) is 5.10 Å². The van der Waals surface area contributed by atoms with Crippen LogP contribution in [0.25, 0.3) is 0 Å². The van der Waals surface area contributed by atoms with E-state index in [0.29, 0.717) is 17.9 Å². The van der Waals surface area contributed by atoms with Gasteiger partial charge in [0, 0.05) is 32.7 Å². The van der Waals surface area contributed by atoms with Crippen molar-refractivity contribution in [3.63, 3.8) is 0 Å². The molecular formula is C12H15N5O2. The third-order valence-electron chi connectivity index (χ3n) is 3.14. The number of anilines is 1. The summed E-state index contributed by atoms with van der Waals surface area (Å²) >= 11 is 0. The fourth-order valence-corrected chi connectivity index (χ4v) is 2.08. The van der Waals surface area contributed by atoms with Gasteiger partial charge < -0.3 is 10.0 Å². The third kappa shape index (κ3) is 3.39. The number of hydrogen-bond acceptors (Lipinski definition) is 6. The van der Waals surface area contributed by atoms with Gasteiger partial charge in [-0.1, -0.05) is 0 Å². The Labute approximate surface area is 111 Å². The zero-order valence-corrected chi connectivity index (χ0v) is 10.5. The maximum atomic E-state index is 10.5. The fraction of sp³-hybridized carbons (Fsp3) is 0.500. The number of nitriles is 1. The largest absolute Gasteiger partial charge is 0.481 e. The summed E-state index contributed by atoms with van der Waals surface area (Å²) in [4.78, 5) is 14.6. The molecule has 7 heteroatoms. The number of carboxylic acids is 1. The molecule has 0 bridgehead atoms. The standard InChI is InChI=1S/C12H15N5O2/c13-9-10-1-3-14-15-12(10)17-7-5-16(6-8-17)4-2-11(18)19/h1,3H,2,4-8H2,(H,18,19). The lowest BCUT2D eigenvalue weighted by Crippen LogP contribution is -2.47. The van der Waals surface area contributed by atoms with E-state index < -0.39 is 5.97 Å². The second-order valence-corrected chi connectivity index (χ2v) is 4.35. The van der Waals surface area contributed by atoms with Crippen LogP contribution >= 0.6 is 0 Å². The summed E-state index contributed by atoms with van der Waals surface area (Å²) in [6.45, 7) is 3.57. The molecular weight excluding hydrogens is 246 g/mol. The van der Waals surface area contributed by atoms with Gasteiger partial charge in [0.05, 0.1) is 18.2 Å². The molecule has 0 atom stereocenters. The Hall–Kier alpha value is -2.20. The zero-order valence-electron chi connectivity index (χ0n) is 10.5. The first kappa shape index (κ1) is 13.2. The van der Waals surface area contributed by atoms with Crippen molar-refractivity contribution in [1.82, 2.24) is 15.1 Å². The van der Waals surface area contributed by atoms with E-state index in [0.717, 1.165) is 26.2 Å². The zero-order chi connectivity index (χ0) is 13.7. The quantitative estimate of drug-likeness (QED) is 0.811. The van der Waals surface area contributed by atoms with Crippen molar-refractivity contribution < 1.29 is 9.90 Å². The minimum absolute atomic E-state index is 0.161. The molecule has 0 unspecified atom stereocenters. The highest BCUT2D eigenvalue weighted by molar-refractivity contribution is 5.66. The lowest BCUT2D eigenvalue weighted by atomic mass is 10.2. The van der Waals surface area contributed by atoms with E-state index in [9.17, 15) is 4.79 Å². The molecule has 0 saturated carbocycles. The normalized spacial score (nSPS) is 16.1. The molecule has 2 rings (SSSR count). The summed E-state index contributed by atoms with van der Waals surface area (Å²) < 4.78 is 0. The van der Waals surface area contributed by atoms with Crippen LogP contribution in [0, 0.1) is 11.3 Å². The van der Waals surface area contributed by atoms with Gasteiger partial charge in [-0.3, -0.25) is 9.69 Å². The lowest BCUT2D eigenvalue weighted by Gasteiger charge is -2.35. The number of piperazine rings is 1. The molecule has 0 spiro atoms. The molecule has 0 amide bonds. The van der Waals surface area contributed by atoms with Crippen molar-refractivity contribution in [2.24, 2.45) is 0 Å². The van der Waals surface area contributed by atoms with E-state index in [1.54, 1.807) is 6.07 Å². The van der Waals surface area contributed by atoms with Gasteiger partial charge in [0.15, 0.2) is 5.82 Å². The summed E-state index contributed by atoms with van der Waals surface area (Å²) in [6, 6.07) is 3.76. The molecule has 0 aliphatic carbocycles. The number of hydrogen-bond donors (Lipinski definition) is 1. The second kappa shape index (κ2) is 6.11. The Morgan fingerprint density at radius 1 is 1.42 bits per heavy atom. The van der Waals surface area contributed by atoms with Crippen molar-refractivity contribution in [3.8, 4) is 6.07 Å². The van der Waals surface area contributed by atoms with Crippen molar-refractivity contribution in [2.75, 3.05) is 37.6 Å². The number of carboxylic acid groups (broad SMARTS) is 1. The molecule has 19 heavy (non-hydrogen) atoms. The monoisotopic (exact) mass is 261 g/mol. The predicted molar refractivity (Wildman–Crippen MR) is 67.7 cm³/mol. The van der Waals surface area contributed by atoms with E-state index in [4.69, 9.17) is 10.4 Å². The van der Waals surface area contributed by atoms with Gasteiger partial charge in [0.25, 0.3) is 0 Å². The maximum Gasteiger partial charge on any atom is 0.304 e. The van der Waals surface area contributed by atoms with Crippen LogP contribution in [-0.2, 0) is 4.79 Å².